The van der Waals surface area contributed by atoms with Crippen molar-refractivity contribution in [2.24, 2.45) is 7.05 Å². The van der Waals surface area contributed by atoms with E-state index in [9.17, 15) is 0 Å². The van der Waals surface area contributed by atoms with Crippen LogP contribution in [0.25, 0.3) is 46.4 Å². The van der Waals surface area contributed by atoms with E-state index in [-0.39, 0.29) is 0 Å². The average Bonchev–Trinajstić information content (AvgIpc) is 3.58. The molecule has 0 saturated carbocycles. The van der Waals surface area contributed by atoms with Crippen LogP contribution in [0.3, 0.4) is 0 Å². The number of aromatic nitrogens is 5. The molecule has 0 fully saturated rings. The third kappa shape index (κ3) is 4.83. The van der Waals surface area contributed by atoms with Crippen LogP contribution in [-0.2, 0) is 7.05 Å². The number of hydrogen-bond acceptors (Lipinski definition) is 2. The van der Waals surface area contributed by atoms with Gasteiger partial charge in [0.05, 0.1) is 22.8 Å². The first-order chi connectivity index (χ1) is 16.0. The van der Waals surface area contributed by atoms with Crippen LogP contribution in [0, 0.1) is 13.8 Å². The maximum absolute atomic E-state index is 4.62. The zero-order valence-electron chi connectivity index (χ0n) is 19.0. The first-order valence-corrected chi connectivity index (χ1v) is 11.0. The van der Waals surface area contributed by atoms with Crippen molar-refractivity contribution in [1.82, 2.24) is 19.9 Å². The van der Waals surface area contributed by atoms with Crippen LogP contribution < -0.4 is 4.57 Å². The smallest absolute Gasteiger partial charge is 0.180 e. The summed E-state index contributed by atoms with van der Waals surface area (Å²) >= 11 is 0. The van der Waals surface area contributed by atoms with E-state index in [0.717, 1.165) is 44.8 Å². The summed E-state index contributed by atoms with van der Waals surface area (Å²) in [5.74, 6) is 0. The highest BCUT2D eigenvalue weighted by Crippen LogP contribution is 2.17. The number of aromatic amines is 2. The van der Waals surface area contributed by atoms with E-state index in [1.54, 1.807) is 0 Å². The molecule has 5 heteroatoms. The van der Waals surface area contributed by atoms with Crippen LogP contribution >= 0.6 is 0 Å². The number of H-pyrrole nitrogens is 2. The normalized spacial score (nSPS) is 11.8. The lowest BCUT2D eigenvalue weighted by Gasteiger charge is -1.94. The van der Waals surface area contributed by atoms with Crippen molar-refractivity contribution < 1.29 is 4.57 Å². The van der Waals surface area contributed by atoms with Crippen LogP contribution in [0.5, 0.6) is 0 Å². The van der Waals surface area contributed by atoms with Gasteiger partial charge in [0.1, 0.15) is 7.05 Å². The second-order valence-electron chi connectivity index (χ2n) is 8.29. The molecule has 0 spiro atoms. The van der Waals surface area contributed by atoms with Crippen LogP contribution in [0.4, 0.5) is 0 Å². The van der Waals surface area contributed by atoms with E-state index in [4.69, 9.17) is 0 Å². The molecule has 2 N–H and O–H groups in total. The third-order valence-corrected chi connectivity index (χ3v) is 5.80. The number of nitrogens with zero attached hydrogens (tertiary/aromatic N) is 3. The average molecular weight is 433 g/mol. The van der Waals surface area contributed by atoms with Gasteiger partial charge in [0.25, 0.3) is 0 Å². The van der Waals surface area contributed by atoms with Crippen LogP contribution in [0.1, 0.15) is 34.0 Å². The van der Waals surface area contributed by atoms with Gasteiger partial charge in [-0.25, -0.2) is 14.5 Å². The number of pyridine rings is 1. The van der Waals surface area contributed by atoms with E-state index in [1.165, 1.54) is 11.3 Å². The Kier molecular flexibility index (Phi) is 5.45. The Morgan fingerprint density at radius 1 is 0.606 bits per heavy atom. The Morgan fingerprint density at radius 3 is 1.52 bits per heavy atom. The molecule has 6 heterocycles. The van der Waals surface area contributed by atoms with Crippen LogP contribution in [0.15, 0.2) is 66.9 Å². The Balaban J connectivity index is 0.000000215. The Labute approximate surface area is 192 Å². The highest BCUT2D eigenvalue weighted by molar-refractivity contribution is 5.77. The fourth-order valence-electron chi connectivity index (χ4n) is 3.77. The molecule has 0 radical (unpaired) electrons. The van der Waals surface area contributed by atoms with Crippen molar-refractivity contribution in [3.63, 3.8) is 0 Å². The van der Waals surface area contributed by atoms with E-state index in [0.29, 0.717) is 0 Å². The van der Waals surface area contributed by atoms with Gasteiger partial charge >= 0.3 is 0 Å². The second kappa shape index (κ2) is 8.71. The predicted molar refractivity (Wildman–Crippen MR) is 136 cm³/mol. The van der Waals surface area contributed by atoms with Crippen molar-refractivity contribution in [2.45, 2.75) is 13.8 Å². The zero-order chi connectivity index (χ0) is 22.8. The molecule has 4 aromatic rings. The van der Waals surface area contributed by atoms with E-state index in [2.05, 4.69) is 94.1 Å². The maximum atomic E-state index is 4.62. The number of hydrogen-bond donors (Lipinski definition) is 2. The molecule has 0 saturated heterocycles. The number of rotatable bonds is 0. The van der Waals surface area contributed by atoms with Crippen molar-refractivity contribution in [1.29, 1.82) is 0 Å². The summed E-state index contributed by atoms with van der Waals surface area (Å²) < 4.78 is 2.12. The summed E-state index contributed by atoms with van der Waals surface area (Å²) in [6, 6.07) is 20.6. The summed E-state index contributed by atoms with van der Waals surface area (Å²) in [4.78, 5) is 16.0. The van der Waals surface area contributed by atoms with Gasteiger partial charge < -0.3 is 9.97 Å². The van der Waals surface area contributed by atoms with E-state index >= 15 is 0 Å². The molecule has 4 aromatic heterocycles. The molecular weight excluding hydrogens is 406 g/mol. The quantitative estimate of drug-likeness (QED) is 0.299. The Hall–Kier alpha value is -4.25. The topological polar surface area (TPSA) is 61.2 Å². The third-order valence-electron chi connectivity index (χ3n) is 5.80. The number of nitrogens with one attached hydrogen (secondary N) is 2. The molecule has 8 bridgehead atoms. The van der Waals surface area contributed by atoms with Gasteiger partial charge in [0.15, 0.2) is 11.9 Å². The molecule has 0 atom stereocenters. The summed E-state index contributed by atoms with van der Waals surface area (Å²) in [5.41, 5.74) is 10.5. The first kappa shape index (κ1) is 20.6. The lowest BCUT2D eigenvalue weighted by atomic mass is 10.2. The van der Waals surface area contributed by atoms with E-state index < -0.39 is 0 Å². The minimum atomic E-state index is 0.915. The molecular formula is C28H26N5+. The SMILES string of the molecule is C1=Cc2cc3ccc(cc4ccc(cc5nc(cc1n2)C=C5)[nH]4)[nH]3.Cc1ccc[n+](C)c1C. The van der Waals surface area contributed by atoms with Crippen molar-refractivity contribution >= 4 is 46.4 Å². The fourth-order valence-corrected chi connectivity index (χ4v) is 3.77. The zero-order valence-corrected chi connectivity index (χ0v) is 19.0. The number of fused-ring (bicyclic) bond motifs is 8. The van der Waals surface area contributed by atoms with Crippen LogP contribution in [-0.4, -0.2) is 19.9 Å². The van der Waals surface area contributed by atoms with Crippen LogP contribution in [0.2, 0.25) is 0 Å². The minimum Gasteiger partial charge on any atom is -0.355 e. The highest BCUT2D eigenvalue weighted by atomic mass is 14.9. The fraction of sp³-hybridized carbons (Fsp3) is 0.107. The molecule has 33 heavy (non-hydrogen) atoms. The second-order valence-corrected chi connectivity index (χ2v) is 8.29. The predicted octanol–water partition coefficient (Wildman–Crippen LogP) is 5.78. The van der Waals surface area contributed by atoms with Gasteiger partial charge in [-0.2, -0.15) is 0 Å². The molecule has 0 aromatic carbocycles. The monoisotopic (exact) mass is 432 g/mol. The molecule has 0 aliphatic carbocycles. The van der Waals surface area contributed by atoms with Gasteiger partial charge in [-0.3, -0.25) is 0 Å². The molecule has 5 nitrogen and oxygen atoms in total. The summed E-state index contributed by atoms with van der Waals surface area (Å²) in [5, 5.41) is 0. The Bertz CT molecular complexity index is 1440. The molecule has 6 rings (SSSR count). The maximum Gasteiger partial charge on any atom is 0.180 e. The molecule has 2 aliphatic rings. The number of aryl methyl sites for hydroxylation is 2. The molecule has 2 aliphatic heterocycles. The largest absolute Gasteiger partial charge is 0.355 e. The van der Waals surface area contributed by atoms with Crippen molar-refractivity contribution in [3.05, 3.63) is 101 Å². The van der Waals surface area contributed by atoms with Crippen molar-refractivity contribution in [3.8, 4) is 0 Å². The van der Waals surface area contributed by atoms with Gasteiger partial charge in [-0.05, 0) is 85.8 Å². The van der Waals surface area contributed by atoms with Crippen molar-refractivity contribution in [2.75, 3.05) is 0 Å². The molecule has 0 amide bonds. The lowest BCUT2D eigenvalue weighted by molar-refractivity contribution is -0.678. The first-order valence-electron chi connectivity index (χ1n) is 11.0. The molecule has 0 unspecified atom stereocenters. The van der Waals surface area contributed by atoms with Gasteiger partial charge in [-0.1, -0.05) is 0 Å². The highest BCUT2D eigenvalue weighted by Gasteiger charge is 2.02. The standard InChI is InChI=1S/C20H14N4.C8H12N/c1-2-14-10-16-5-6-18(23-16)12-20-8-7-19(24-20)11-17-4-3-15(22-17)9-13(1)21-14;1-7-5-4-6-9(3)8(7)2/h1-12,21-22H;4-6H,1-3H3/q;+1. The molecule has 162 valence electrons. The van der Waals surface area contributed by atoms with Gasteiger partial charge in [0, 0.05) is 40.6 Å². The minimum absolute atomic E-state index is 0.915. The van der Waals surface area contributed by atoms with Gasteiger partial charge in [0.2, 0.25) is 0 Å². The summed E-state index contributed by atoms with van der Waals surface area (Å²) in [7, 11) is 2.06. The summed E-state index contributed by atoms with van der Waals surface area (Å²) in [6.45, 7) is 4.24. The Morgan fingerprint density at radius 2 is 1.06 bits per heavy atom. The lowest BCUT2D eigenvalue weighted by Crippen LogP contribution is -2.31. The van der Waals surface area contributed by atoms with Gasteiger partial charge in [-0.15, -0.1) is 0 Å². The summed E-state index contributed by atoms with van der Waals surface area (Å²) in [6.07, 6.45) is 10.1. The van der Waals surface area contributed by atoms with E-state index in [1.807, 2.05) is 42.5 Å².